The fourth-order valence-corrected chi connectivity index (χ4v) is 4.67. The van der Waals surface area contributed by atoms with Gasteiger partial charge in [-0.3, -0.25) is 19.1 Å². The van der Waals surface area contributed by atoms with Gasteiger partial charge in [0, 0.05) is 25.0 Å². The van der Waals surface area contributed by atoms with Gasteiger partial charge < -0.3 is 15.3 Å². The molecule has 11 heteroatoms. The van der Waals surface area contributed by atoms with Gasteiger partial charge in [-0.15, -0.1) is 0 Å². The molecule has 8 nitrogen and oxygen atoms in total. The van der Waals surface area contributed by atoms with E-state index < -0.39 is 35.5 Å². The lowest BCUT2D eigenvalue weighted by molar-refractivity contribution is -0.138. The standard InChI is InChI=1S/C22H23F3N4O4/c23-22(24,25)20-15-11-28(10-14(15)5-6-17(20)30)16(9-13-3-1-2-4-13)21(33)26-18-7-8-29(27-18)12-19(31)32/h5-8,10,13,16H,1-4,9,11-12H2,(H,31,32)(H,26,27,33)/t16-/m0/s1. The molecule has 2 N–H and O–H groups in total. The van der Waals surface area contributed by atoms with Gasteiger partial charge in [0.05, 0.1) is 0 Å². The van der Waals surface area contributed by atoms with Crippen LogP contribution in [0.4, 0.5) is 19.0 Å². The molecule has 176 valence electrons. The number of fused-ring (bicyclic) bond motifs is 1. The molecule has 0 aromatic carbocycles. The number of nitrogens with zero attached hydrogens (tertiary/aromatic N) is 3. The van der Waals surface area contributed by atoms with Crippen LogP contribution in [0.1, 0.15) is 32.1 Å². The topological polar surface area (TPSA) is 105 Å². The molecule has 4 rings (SSSR count). The van der Waals surface area contributed by atoms with E-state index in [0.717, 1.165) is 36.4 Å². The largest absolute Gasteiger partial charge is 0.480 e. The number of nitrogens with one attached hydrogen (secondary N) is 1. The molecule has 1 aromatic rings. The maximum Gasteiger partial charge on any atom is 0.420 e. The maximum absolute atomic E-state index is 13.5. The molecule has 1 atom stereocenters. The monoisotopic (exact) mass is 464 g/mol. The number of aliphatic carboxylic acids is 1. The van der Waals surface area contributed by atoms with Gasteiger partial charge in [0.15, 0.2) is 11.6 Å². The number of anilines is 1. The Morgan fingerprint density at radius 2 is 1.97 bits per heavy atom. The van der Waals surface area contributed by atoms with Gasteiger partial charge in [-0.05, 0) is 35.6 Å². The number of ketones is 1. The Balaban J connectivity index is 1.58. The summed E-state index contributed by atoms with van der Waals surface area (Å²) in [6.45, 7) is -0.563. The number of halogens is 3. The smallest absolute Gasteiger partial charge is 0.420 e. The summed E-state index contributed by atoms with van der Waals surface area (Å²) in [5.74, 6) is -2.19. The highest BCUT2D eigenvalue weighted by Crippen LogP contribution is 2.39. The lowest BCUT2D eigenvalue weighted by Crippen LogP contribution is -2.42. The van der Waals surface area contributed by atoms with E-state index in [1.54, 1.807) is 4.90 Å². The molecule has 1 amide bonds. The number of aromatic nitrogens is 2. The number of allylic oxidation sites excluding steroid dienone is 3. The van der Waals surface area contributed by atoms with Crippen molar-refractivity contribution in [1.29, 1.82) is 0 Å². The predicted octanol–water partition coefficient (Wildman–Crippen LogP) is 3.05. The third-order valence-electron chi connectivity index (χ3n) is 6.16. The van der Waals surface area contributed by atoms with Crippen molar-refractivity contribution in [3.8, 4) is 0 Å². The normalized spacial score (nSPS) is 19.7. The van der Waals surface area contributed by atoms with Gasteiger partial charge in [0.2, 0.25) is 5.91 Å². The van der Waals surface area contributed by atoms with Crippen molar-refractivity contribution in [3.05, 3.63) is 47.3 Å². The van der Waals surface area contributed by atoms with E-state index in [2.05, 4.69) is 10.4 Å². The van der Waals surface area contributed by atoms with E-state index in [0.29, 0.717) is 6.42 Å². The first-order valence-electron chi connectivity index (χ1n) is 10.7. The Labute approximate surface area is 187 Å². The Morgan fingerprint density at radius 3 is 2.64 bits per heavy atom. The second-order valence-corrected chi connectivity index (χ2v) is 8.49. The average Bonchev–Trinajstić information content (AvgIpc) is 3.45. The molecule has 1 aliphatic heterocycles. The van der Waals surface area contributed by atoms with E-state index in [1.807, 2.05) is 0 Å². The number of amides is 1. The van der Waals surface area contributed by atoms with Crippen LogP contribution in [0.3, 0.4) is 0 Å². The lowest BCUT2D eigenvalue weighted by Gasteiger charge is -2.29. The molecule has 0 bridgehead atoms. The number of carbonyl (C=O) groups is 3. The summed E-state index contributed by atoms with van der Waals surface area (Å²) in [7, 11) is 0. The van der Waals surface area contributed by atoms with Crippen LogP contribution in [0, 0.1) is 5.92 Å². The SMILES string of the molecule is O=C(O)Cn1ccc(NC(=O)[C@H](CC2CCCC2)N2C=C3C=CC(=O)C(C(F)(F)F)=C3C2)n1. The number of hydrogen-bond acceptors (Lipinski definition) is 5. The molecule has 33 heavy (non-hydrogen) atoms. The first-order chi connectivity index (χ1) is 15.6. The minimum Gasteiger partial charge on any atom is -0.480 e. The van der Waals surface area contributed by atoms with Crippen LogP contribution < -0.4 is 5.32 Å². The lowest BCUT2D eigenvalue weighted by atomic mass is 9.93. The molecular weight excluding hydrogens is 441 g/mol. The molecule has 0 radical (unpaired) electrons. The average molecular weight is 464 g/mol. The Bertz CT molecular complexity index is 1060. The van der Waals surface area contributed by atoms with Crippen molar-refractivity contribution in [1.82, 2.24) is 14.7 Å². The number of alkyl halides is 3. The molecule has 0 unspecified atom stereocenters. The minimum absolute atomic E-state index is 0.120. The van der Waals surface area contributed by atoms with Crippen molar-refractivity contribution < 1.29 is 32.7 Å². The Hall–Kier alpha value is -3.37. The third-order valence-corrected chi connectivity index (χ3v) is 6.16. The number of carboxylic acid groups (broad SMARTS) is 1. The van der Waals surface area contributed by atoms with E-state index in [4.69, 9.17) is 5.11 Å². The second-order valence-electron chi connectivity index (χ2n) is 8.49. The predicted molar refractivity (Wildman–Crippen MR) is 111 cm³/mol. The summed E-state index contributed by atoms with van der Waals surface area (Å²) in [5, 5.41) is 15.5. The Morgan fingerprint density at radius 1 is 1.24 bits per heavy atom. The van der Waals surface area contributed by atoms with Crippen LogP contribution in [0.25, 0.3) is 0 Å². The third kappa shape index (κ3) is 5.01. The highest BCUT2D eigenvalue weighted by molar-refractivity contribution is 6.08. The van der Waals surface area contributed by atoms with Crippen molar-refractivity contribution >= 4 is 23.5 Å². The van der Waals surface area contributed by atoms with Gasteiger partial charge in [-0.2, -0.15) is 18.3 Å². The molecular formula is C22H23F3N4O4. The van der Waals surface area contributed by atoms with E-state index in [1.165, 1.54) is 24.5 Å². The highest BCUT2D eigenvalue weighted by Gasteiger charge is 2.44. The second kappa shape index (κ2) is 8.87. The van der Waals surface area contributed by atoms with Crippen molar-refractivity contribution in [2.24, 2.45) is 5.92 Å². The first-order valence-corrected chi connectivity index (χ1v) is 10.7. The quantitative estimate of drug-likeness (QED) is 0.643. The van der Waals surface area contributed by atoms with Gasteiger partial charge in [0.25, 0.3) is 0 Å². The fourth-order valence-electron chi connectivity index (χ4n) is 4.67. The first kappa shape index (κ1) is 22.8. The number of carboxylic acids is 1. The summed E-state index contributed by atoms with van der Waals surface area (Å²) in [6.07, 6.45) is 4.82. The molecule has 2 aliphatic carbocycles. The van der Waals surface area contributed by atoms with Gasteiger partial charge in [-0.1, -0.05) is 25.7 Å². The molecule has 2 heterocycles. The van der Waals surface area contributed by atoms with Crippen LogP contribution in [-0.2, 0) is 20.9 Å². The van der Waals surface area contributed by atoms with Crippen molar-refractivity contribution in [3.63, 3.8) is 0 Å². The molecule has 1 aromatic heterocycles. The number of carbonyl (C=O) groups excluding carboxylic acids is 2. The molecule has 1 fully saturated rings. The van der Waals surface area contributed by atoms with E-state index in [-0.39, 0.29) is 36.0 Å². The summed E-state index contributed by atoms with van der Waals surface area (Å²) < 4.78 is 41.8. The number of rotatable bonds is 7. The van der Waals surface area contributed by atoms with Gasteiger partial charge in [0.1, 0.15) is 18.2 Å². The van der Waals surface area contributed by atoms with Gasteiger partial charge >= 0.3 is 12.1 Å². The van der Waals surface area contributed by atoms with Crippen LogP contribution in [0.15, 0.2) is 47.3 Å². The Kier molecular flexibility index (Phi) is 6.13. The van der Waals surface area contributed by atoms with Crippen molar-refractivity contribution in [2.75, 3.05) is 11.9 Å². The van der Waals surface area contributed by atoms with Gasteiger partial charge in [-0.25, -0.2) is 0 Å². The van der Waals surface area contributed by atoms with Crippen LogP contribution in [0.5, 0.6) is 0 Å². The van der Waals surface area contributed by atoms with Crippen LogP contribution in [-0.4, -0.2) is 56.2 Å². The van der Waals surface area contributed by atoms with Crippen LogP contribution >= 0.6 is 0 Å². The highest BCUT2D eigenvalue weighted by atomic mass is 19.4. The zero-order chi connectivity index (χ0) is 23.8. The molecule has 0 saturated heterocycles. The van der Waals surface area contributed by atoms with Crippen LogP contribution in [0.2, 0.25) is 0 Å². The fraction of sp³-hybridized carbons (Fsp3) is 0.455. The summed E-state index contributed by atoms with van der Waals surface area (Å²) in [4.78, 5) is 37.5. The summed E-state index contributed by atoms with van der Waals surface area (Å²) in [5.41, 5.74) is -1.03. The maximum atomic E-state index is 13.5. The zero-order valence-corrected chi connectivity index (χ0v) is 17.6. The molecule has 0 spiro atoms. The minimum atomic E-state index is -4.79. The van der Waals surface area contributed by atoms with E-state index >= 15 is 0 Å². The molecule has 1 saturated carbocycles. The summed E-state index contributed by atoms with van der Waals surface area (Å²) in [6, 6.07) is 0.697. The van der Waals surface area contributed by atoms with E-state index in [9.17, 15) is 27.6 Å². The summed E-state index contributed by atoms with van der Waals surface area (Å²) >= 11 is 0. The molecule has 3 aliphatic rings. The van der Waals surface area contributed by atoms with Crippen molar-refractivity contribution in [2.45, 2.75) is 50.9 Å². The number of hydrogen-bond donors (Lipinski definition) is 2. The zero-order valence-electron chi connectivity index (χ0n) is 17.6.